The number of nitrogens with zero attached hydrogens (tertiary/aromatic N) is 4. The van der Waals surface area contributed by atoms with Crippen molar-refractivity contribution in [1.29, 1.82) is 0 Å². The number of hydrogen-bond acceptors (Lipinski definition) is 3. The van der Waals surface area contributed by atoms with Gasteiger partial charge in [0.15, 0.2) is 0 Å². The van der Waals surface area contributed by atoms with E-state index in [0.717, 1.165) is 26.2 Å². The highest BCUT2D eigenvalue weighted by molar-refractivity contribution is 6.30. The highest BCUT2D eigenvalue weighted by Crippen LogP contribution is 2.23. The number of piperazine rings is 1. The molecule has 116 valence electrons. The average molecular weight is 311 g/mol. The first-order chi connectivity index (χ1) is 10.2. The molecule has 1 amide bonds. The molecule has 1 aliphatic carbocycles. The lowest BCUT2D eigenvalue weighted by atomic mass is 9.93. The first-order valence-electron chi connectivity index (χ1n) is 7.92. The quantitative estimate of drug-likeness (QED) is 0.854. The first-order valence-corrected chi connectivity index (χ1v) is 8.30. The van der Waals surface area contributed by atoms with E-state index in [1.54, 1.807) is 6.20 Å². The van der Waals surface area contributed by atoms with E-state index in [1.807, 2.05) is 10.9 Å². The summed E-state index contributed by atoms with van der Waals surface area (Å²) in [7, 11) is 0. The summed E-state index contributed by atoms with van der Waals surface area (Å²) in [6.07, 6.45) is 9.73. The smallest absolute Gasteiger partial charge is 0.237 e. The van der Waals surface area contributed by atoms with Gasteiger partial charge in [-0.1, -0.05) is 30.9 Å². The van der Waals surface area contributed by atoms with Gasteiger partial charge in [0.2, 0.25) is 5.91 Å². The number of aromatic nitrogens is 2. The summed E-state index contributed by atoms with van der Waals surface area (Å²) >= 11 is 5.85. The molecule has 0 unspecified atom stereocenters. The van der Waals surface area contributed by atoms with Crippen LogP contribution in [0.4, 0.5) is 0 Å². The van der Waals surface area contributed by atoms with Gasteiger partial charge in [0, 0.05) is 31.9 Å². The predicted molar refractivity (Wildman–Crippen MR) is 82.3 cm³/mol. The van der Waals surface area contributed by atoms with Crippen LogP contribution in [-0.4, -0.2) is 57.7 Å². The van der Waals surface area contributed by atoms with Crippen LogP contribution in [0.5, 0.6) is 0 Å². The molecule has 0 radical (unpaired) electrons. The van der Waals surface area contributed by atoms with Crippen LogP contribution in [0.2, 0.25) is 5.02 Å². The van der Waals surface area contributed by atoms with Crippen LogP contribution >= 0.6 is 11.6 Å². The standard InChI is InChI=1S/C15H23ClN4O/c16-13-10-17-19(11-13)8-6-18-7-9-20(15(21)12-18)14-4-2-1-3-5-14/h10-11,14H,1-9,12H2. The molecule has 2 fully saturated rings. The van der Waals surface area contributed by atoms with Gasteiger partial charge in [-0.2, -0.15) is 5.10 Å². The monoisotopic (exact) mass is 310 g/mol. The van der Waals surface area contributed by atoms with Crippen LogP contribution in [0, 0.1) is 0 Å². The number of hydrogen-bond donors (Lipinski definition) is 0. The maximum Gasteiger partial charge on any atom is 0.237 e. The molecule has 0 aromatic carbocycles. The van der Waals surface area contributed by atoms with Crippen LogP contribution in [0.15, 0.2) is 12.4 Å². The van der Waals surface area contributed by atoms with Gasteiger partial charge in [-0.3, -0.25) is 14.4 Å². The Morgan fingerprint density at radius 2 is 2.00 bits per heavy atom. The predicted octanol–water partition coefficient (Wildman–Crippen LogP) is 2.01. The van der Waals surface area contributed by atoms with E-state index in [9.17, 15) is 4.79 Å². The summed E-state index contributed by atoms with van der Waals surface area (Å²) in [6.45, 7) is 4.03. The van der Waals surface area contributed by atoms with Crippen molar-refractivity contribution in [2.45, 2.75) is 44.7 Å². The van der Waals surface area contributed by atoms with Crippen molar-refractivity contribution < 1.29 is 4.79 Å². The zero-order valence-electron chi connectivity index (χ0n) is 12.4. The normalized spacial score (nSPS) is 22.0. The molecule has 1 saturated heterocycles. The molecule has 3 rings (SSSR count). The molecule has 1 saturated carbocycles. The largest absolute Gasteiger partial charge is 0.337 e. The van der Waals surface area contributed by atoms with E-state index in [2.05, 4.69) is 14.9 Å². The minimum absolute atomic E-state index is 0.298. The van der Waals surface area contributed by atoms with Gasteiger partial charge in [-0.25, -0.2) is 0 Å². The Labute approximate surface area is 130 Å². The Bertz CT molecular complexity index is 484. The van der Waals surface area contributed by atoms with Gasteiger partial charge in [0.05, 0.1) is 24.3 Å². The van der Waals surface area contributed by atoms with Crippen molar-refractivity contribution in [3.05, 3.63) is 17.4 Å². The minimum Gasteiger partial charge on any atom is -0.337 e. The molecule has 21 heavy (non-hydrogen) atoms. The number of rotatable bonds is 4. The molecule has 0 spiro atoms. The van der Waals surface area contributed by atoms with Crippen LogP contribution in [0.25, 0.3) is 0 Å². The van der Waals surface area contributed by atoms with Crippen LogP contribution in [-0.2, 0) is 11.3 Å². The van der Waals surface area contributed by atoms with Crippen LogP contribution in [0.3, 0.4) is 0 Å². The van der Waals surface area contributed by atoms with E-state index in [0.29, 0.717) is 23.5 Å². The third-order valence-corrected chi connectivity index (χ3v) is 4.79. The number of carbonyl (C=O) groups excluding carboxylic acids is 1. The maximum absolute atomic E-state index is 12.4. The van der Waals surface area contributed by atoms with Crippen molar-refractivity contribution >= 4 is 17.5 Å². The second kappa shape index (κ2) is 6.79. The van der Waals surface area contributed by atoms with Crippen molar-refractivity contribution in [3.63, 3.8) is 0 Å². The molecule has 1 aromatic heterocycles. The summed E-state index contributed by atoms with van der Waals surface area (Å²) in [5.41, 5.74) is 0. The SMILES string of the molecule is O=C1CN(CCn2cc(Cl)cn2)CCN1C1CCCCC1. The fourth-order valence-corrected chi connectivity index (χ4v) is 3.57. The first kappa shape index (κ1) is 14.9. The van der Waals surface area contributed by atoms with Gasteiger partial charge >= 0.3 is 0 Å². The second-order valence-corrected chi connectivity index (χ2v) is 6.51. The maximum atomic E-state index is 12.4. The molecule has 0 bridgehead atoms. The number of amides is 1. The van der Waals surface area contributed by atoms with Crippen molar-refractivity contribution in [2.75, 3.05) is 26.2 Å². The summed E-state index contributed by atoms with van der Waals surface area (Å²) in [6, 6.07) is 0.498. The number of carbonyl (C=O) groups is 1. The Kier molecular flexibility index (Phi) is 4.80. The highest BCUT2D eigenvalue weighted by Gasteiger charge is 2.30. The van der Waals surface area contributed by atoms with Gasteiger partial charge in [-0.05, 0) is 12.8 Å². The Hall–Kier alpha value is -1.07. The van der Waals surface area contributed by atoms with E-state index < -0.39 is 0 Å². The summed E-state index contributed by atoms with van der Waals surface area (Å²) in [5, 5.41) is 4.83. The average Bonchev–Trinajstić information content (AvgIpc) is 2.92. The Morgan fingerprint density at radius 1 is 1.19 bits per heavy atom. The molecule has 1 aliphatic heterocycles. The summed E-state index contributed by atoms with van der Waals surface area (Å²) < 4.78 is 1.83. The molecule has 6 heteroatoms. The fourth-order valence-electron chi connectivity index (χ4n) is 3.41. The van der Waals surface area contributed by atoms with Gasteiger partial charge in [0.25, 0.3) is 0 Å². The van der Waals surface area contributed by atoms with E-state index >= 15 is 0 Å². The second-order valence-electron chi connectivity index (χ2n) is 6.08. The molecule has 0 N–H and O–H groups in total. The van der Waals surface area contributed by atoms with Crippen LogP contribution < -0.4 is 0 Å². The van der Waals surface area contributed by atoms with Gasteiger partial charge < -0.3 is 4.90 Å². The lowest BCUT2D eigenvalue weighted by Crippen LogP contribution is -2.54. The fraction of sp³-hybridized carbons (Fsp3) is 0.733. The van der Waals surface area contributed by atoms with Crippen LogP contribution in [0.1, 0.15) is 32.1 Å². The molecule has 2 heterocycles. The third-order valence-electron chi connectivity index (χ3n) is 4.60. The number of halogens is 1. The molecule has 0 atom stereocenters. The van der Waals surface area contributed by atoms with Crippen molar-refractivity contribution in [3.8, 4) is 0 Å². The van der Waals surface area contributed by atoms with E-state index in [-0.39, 0.29) is 0 Å². The van der Waals surface area contributed by atoms with E-state index in [4.69, 9.17) is 11.6 Å². The molecular formula is C15H23ClN4O. The summed E-state index contributed by atoms with van der Waals surface area (Å²) in [5.74, 6) is 0.298. The third kappa shape index (κ3) is 3.77. The van der Waals surface area contributed by atoms with Crippen molar-refractivity contribution in [2.24, 2.45) is 0 Å². The lowest BCUT2D eigenvalue weighted by Gasteiger charge is -2.40. The van der Waals surface area contributed by atoms with Gasteiger partial charge in [0.1, 0.15) is 0 Å². The summed E-state index contributed by atoms with van der Waals surface area (Å²) in [4.78, 5) is 16.7. The molecule has 2 aliphatic rings. The zero-order chi connectivity index (χ0) is 14.7. The molecule has 5 nitrogen and oxygen atoms in total. The highest BCUT2D eigenvalue weighted by atomic mass is 35.5. The molecular weight excluding hydrogens is 288 g/mol. The zero-order valence-corrected chi connectivity index (χ0v) is 13.1. The van der Waals surface area contributed by atoms with E-state index in [1.165, 1.54) is 32.1 Å². The topological polar surface area (TPSA) is 41.4 Å². The molecule has 1 aromatic rings. The van der Waals surface area contributed by atoms with Crippen molar-refractivity contribution in [1.82, 2.24) is 19.6 Å². The van der Waals surface area contributed by atoms with Gasteiger partial charge in [-0.15, -0.1) is 0 Å². The lowest BCUT2D eigenvalue weighted by molar-refractivity contribution is -0.139. The Morgan fingerprint density at radius 3 is 2.67 bits per heavy atom. The Balaban J connectivity index is 1.47. The minimum atomic E-state index is 0.298.